The lowest BCUT2D eigenvalue weighted by Gasteiger charge is -2.13. The molecule has 0 saturated heterocycles. The minimum absolute atomic E-state index is 0.297. The molecule has 2 amide bonds. The van der Waals surface area contributed by atoms with Crippen LogP contribution in [0.2, 0.25) is 0 Å². The van der Waals surface area contributed by atoms with Gasteiger partial charge in [-0.2, -0.15) is 0 Å². The Bertz CT molecular complexity index is 1150. The summed E-state index contributed by atoms with van der Waals surface area (Å²) in [7, 11) is 3.94. The number of fused-ring (bicyclic) bond motifs is 1. The molecule has 0 aliphatic heterocycles. The fourth-order valence-electron chi connectivity index (χ4n) is 2.98. The summed E-state index contributed by atoms with van der Waals surface area (Å²) < 4.78 is 0. The van der Waals surface area contributed by atoms with Gasteiger partial charge in [-0.05, 0) is 42.0 Å². The first-order valence-corrected chi connectivity index (χ1v) is 9.83. The van der Waals surface area contributed by atoms with E-state index in [4.69, 9.17) is 5.73 Å². The third-order valence-electron chi connectivity index (χ3n) is 4.49. The Balaban J connectivity index is 1.46. The number of nitrogen functional groups attached to an aromatic ring is 1. The van der Waals surface area contributed by atoms with E-state index in [1.807, 2.05) is 72.9 Å². The minimum atomic E-state index is -0.297. The first kappa shape index (κ1) is 18.7. The van der Waals surface area contributed by atoms with E-state index in [9.17, 15) is 4.79 Å². The molecule has 0 bridgehead atoms. The number of thiophene rings is 1. The number of nitrogens with two attached hydrogens (primary N) is 1. The fourth-order valence-corrected chi connectivity index (χ4v) is 3.90. The van der Waals surface area contributed by atoms with Crippen molar-refractivity contribution in [2.75, 3.05) is 35.4 Å². The van der Waals surface area contributed by atoms with Gasteiger partial charge >= 0.3 is 6.03 Å². The fraction of sp³-hybridized carbons (Fsp3) is 0.0952. The highest BCUT2D eigenvalue weighted by Crippen LogP contribution is 2.35. The number of anilines is 4. The number of nitrogens with one attached hydrogen (secondary N) is 2. The number of hydrogen-bond donors (Lipinski definition) is 3. The Morgan fingerprint density at radius 1 is 0.966 bits per heavy atom. The van der Waals surface area contributed by atoms with E-state index in [0.717, 1.165) is 32.7 Å². The molecule has 146 valence electrons. The molecule has 0 spiro atoms. The standard InChI is InChI=1S/C21H20N6OS/c1-27(2)16-9-7-15(8-10-16)26-21(28)25-14-5-3-13(4-6-14)17-11-29-20-18(17)19(22)23-12-24-20/h3-12H,1-2H3,(H2,22,23,24)(H2,25,26,28). The van der Waals surface area contributed by atoms with E-state index >= 15 is 0 Å². The van der Waals surface area contributed by atoms with Crippen LogP contribution in [0, 0.1) is 0 Å². The normalized spacial score (nSPS) is 10.7. The molecule has 29 heavy (non-hydrogen) atoms. The number of nitrogens with zero attached hydrogens (tertiary/aromatic N) is 3. The molecule has 0 aliphatic carbocycles. The van der Waals surface area contributed by atoms with Crippen molar-refractivity contribution >= 4 is 50.5 Å². The first-order valence-electron chi connectivity index (χ1n) is 8.95. The van der Waals surface area contributed by atoms with Crippen LogP contribution < -0.4 is 21.3 Å². The molecule has 4 aromatic rings. The summed E-state index contributed by atoms with van der Waals surface area (Å²) in [4.78, 5) is 23.5. The number of carbonyl (C=O) groups excluding carboxylic acids is 1. The van der Waals surface area contributed by atoms with Crippen LogP contribution in [0.15, 0.2) is 60.2 Å². The molecule has 0 saturated carbocycles. The zero-order chi connectivity index (χ0) is 20.4. The summed E-state index contributed by atoms with van der Waals surface area (Å²) in [5.74, 6) is 0.466. The molecule has 0 fully saturated rings. The average molecular weight is 404 g/mol. The highest BCUT2D eigenvalue weighted by atomic mass is 32.1. The number of amides is 2. The number of aromatic nitrogens is 2. The van der Waals surface area contributed by atoms with E-state index in [2.05, 4.69) is 20.6 Å². The molecule has 4 N–H and O–H groups in total. The lowest BCUT2D eigenvalue weighted by Crippen LogP contribution is -2.19. The van der Waals surface area contributed by atoms with Gasteiger partial charge in [-0.15, -0.1) is 11.3 Å². The Morgan fingerprint density at radius 3 is 2.21 bits per heavy atom. The second-order valence-electron chi connectivity index (χ2n) is 6.69. The highest BCUT2D eigenvalue weighted by Gasteiger charge is 2.11. The van der Waals surface area contributed by atoms with Crippen LogP contribution in [0.3, 0.4) is 0 Å². The molecule has 8 heteroatoms. The lowest BCUT2D eigenvalue weighted by atomic mass is 10.1. The molecule has 2 aromatic carbocycles. The molecule has 0 atom stereocenters. The molecular formula is C21H20N6OS. The zero-order valence-corrected chi connectivity index (χ0v) is 16.8. The second kappa shape index (κ2) is 7.76. The third kappa shape index (κ3) is 3.97. The lowest BCUT2D eigenvalue weighted by molar-refractivity contribution is 0.262. The molecule has 0 aliphatic rings. The van der Waals surface area contributed by atoms with Crippen LogP contribution >= 0.6 is 11.3 Å². The van der Waals surface area contributed by atoms with Gasteiger partial charge in [0.25, 0.3) is 0 Å². The summed E-state index contributed by atoms with van der Waals surface area (Å²) in [6.07, 6.45) is 1.47. The van der Waals surface area contributed by atoms with Crippen molar-refractivity contribution in [1.29, 1.82) is 0 Å². The van der Waals surface area contributed by atoms with Crippen LogP contribution in [0.4, 0.5) is 27.7 Å². The Morgan fingerprint density at radius 2 is 1.59 bits per heavy atom. The largest absolute Gasteiger partial charge is 0.383 e. The van der Waals surface area contributed by atoms with Gasteiger partial charge in [0.2, 0.25) is 0 Å². The molecule has 2 heterocycles. The van der Waals surface area contributed by atoms with Crippen LogP contribution in [0.1, 0.15) is 0 Å². The van der Waals surface area contributed by atoms with Gasteiger partial charge in [0.1, 0.15) is 17.0 Å². The second-order valence-corrected chi connectivity index (χ2v) is 7.54. The van der Waals surface area contributed by atoms with E-state index in [-0.39, 0.29) is 6.03 Å². The van der Waals surface area contributed by atoms with Gasteiger partial charge in [-0.1, -0.05) is 12.1 Å². The monoisotopic (exact) mass is 404 g/mol. The number of urea groups is 1. The predicted octanol–water partition coefficient (Wildman–Crippen LogP) is 4.65. The quantitative estimate of drug-likeness (QED) is 0.460. The van der Waals surface area contributed by atoms with Gasteiger partial charge in [-0.25, -0.2) is 14.8 Å². The first-order chi connectivity index (χ1) is 14.0. The highest BCUT2D eigenvalue weighted by molar-refractivity contribution is 7.17. The van der Waals surface area contributed by atoms with Crippen molar-refractivity contribution in [1.82, 2.24) is 9.97 Å². The van der Waals surface area contributed by atoms with Gasteiger partial charge < -0.3 is 21.3 Å². The van der Waals surface area contributed by atoms with Crippen molar-refractivity contribution < 1.29 is 4.79 Å². The molecule has 2 aromatic heterocycles. The Hall–Kier alpha value is -3.65. The maximum absolute atomic E-state index is 12.3. The average Bonchev–Trinajstić information content (AvgIpc) is 3.14. The van der Waals surface area contributed by atoms with E-state index in [0.29, 0.717) is 11.5 Å². The molecular weight excluding hydrogens is 384 g/mol. The Kier molecular flexibility index (Phi) is 5.01. The Labute approximate surface area is 172 Å². The molecule has 0 radical (unpaired) electrons. The van der Waals surface area contributed by atoms with E-state index in [1.54, 1.807) is 0 Å². The topological polar surface area (TPSA) is 96.2 Å². The summed E-state index contributed by atoms with van der Waals surface area (Å²) in [6, 6.07) is 14.9. The number of carbonyl (C=O) groups is 1. The van der Waals surface area contributed by atoms with Crippen molar-refractivity contribution in [3.63, 3.8) is 0 Å². The van der Waals surface area contributed by atoms with Gasteiger partial charge in [-0.3, -0.25) is 0 Å². The van der Waals surface area contributed by atoms with Crippen LogP contribution in [-0.4, -0.2) is 30.1 Å². The predicted molar refractivity (Wildman–Crippen MR) is 121 cm³/mol. The van der Waals surface area contributed by atoms with Crippen molar-refractivity contribution in [3.05, 3.63) is 60.2 Å². The van der Waals surface area contributed by atoms with Gasteiger partial charge in [0, 0.05) is 42.1 Å². The van der Waals surface area contributed by atoms with Crippen molar-refractivity contribution in [3.8, 4) is 11.1 Å². The van der Waals surface area contributed by atoms with Gasteiger partial charge in [0.15, 0.2) is 0 Å². The SMILES string of the molecule is CN(C)c1ccc(NC(=O)Nc2ccc(-c3csc4ncnc(N)c34)cc2)cc1. The zero-order valence-electron chi connectivity index (χ0n) is 16.0. The number of benzene rings is 2. The van der Waals surface area contributed by atoms with E-state index in [1.165, 1.54) is 17.7 Å². The molecule has 7 nitrogen and oxygen atoms in total. The maximum atomic E-state index is 12.3. The van der Waals surface area contributed by atoms with Crippen LogP contribution in [0.25, 0.3) is 21.3 Å². The summed E-state index contributed by atoms with van der Waals surface area (Å²) in [6.45, 7) is 0. The van der Waals surface area contributed by atoms with Crippen LogP contribution in [0.5, 0.6) is 0 Å². The smallest absolute Gasteiger partial charge is 0.323 e. The number of hydrogen-bond acceptors (Lipinski definition) is 6. The summed E-state index contributed by atoms with van der Waals surface area (Å²) >= 11 is 1.53. The molecule has 0 unspecified atom stereocenters. The molecule has 4 rings (SSSR count). The van der Waals surface area contributed by atoms with E-state index < -0.39 is 0 Å². The maximum Gasteiger partial charge on any atom is 0.323 e. The summed E-state index contributed by atoms with van der Waals surface area (Å²) in [5.41, 5.74) is 10.5. The van der Waals surface area contributed by atoms with Crippen molar-refractivity contribution in [2.45, 2.75) is 0 Å². The minimum Gasteiger partial charge on any atom is -0.383 e. The number of rotatable bonds is 4. The van der Waals surface area contributed by atoms with Crippen LogP contribution in [-0.2, 0) is 0 Å². The van der Waals surface area contributed by atoms with Crippen molar-refractivity contribution in [2.24, 2.45) is 0 Å². The summed E-state index contributed by atoms with van der Waals surface area (Å²) in [5, 5.41) is 8.55. The third-order valence-corrected chi connectivity index (χ3v) is 5.38. The van der Waals surface area contributed by atoms with Gasteiger partial charge in [0.05, 0.1) is 5.39 Å².